The molecule has 1 saturated carbocycles. The molecule has 2 saturated heterocycles. The van der Waals surface area contributed by atoms with Crippen LogP contribution in [0.1, 0.15) is 51.9 Å². The van der Waals surface area contributed by atoms with Crippen LogP contribution in [0.5, 0.6) is 0 Å². The van der Waals surface area contributed by atoms with Crippen LogP contribution in [0.2, 0.25) is 0 Å². The number of piperidine rings is 1. The van der Waals surface area contributed by atoms with Crippen LogP contribution >= 0.6 is 12.4 Å². The number of halogens is 1. The molecule has 1 aliphatic carbocycles. The van der Waals surface area contributed by atoms with Crippen molar-refractivity contribution in [3.63, 3.8) is 0 Å². The maximum atomic E-state index is 12.7. The predicted molar refractivity (Wildman–Crippen MR) is 92.3 cm³/mol. The van der Waals surface area contributed by atoms with Gasteiger partial charge in [0.25, 0.3) is 0 Å². The van der Waals surface area contributed by atoms with Gasteiger partial charge in [0.15, 0.2) is 0 Å². The third-order valence-electron chi connectivity index (χ3n) is 5.70. The summed E-state index contributed by atoms with van der Waals surface area (Å²) in [5, 5.41) is 0. The Morgan fingerprint density at radius 1 is 1.13 bits per heavy atom. The highest BCUT2D eigenvalue weighted by molar-refractivity contribution is 5.89. The molecule has 3 rings (SSSR count). The molecule has 2 heterocycles. The summed E-state index contributed by atoms with van der Waals surface area (Å²) in [5.74, 6) is 0.966. The number of nitrogens with zero attached hydrogens (tertiary/aromatic N) is 2. The van der Waals surface area contributed by atoms with Gasteiger partial charge in [-0.25, -0.2) is 0 Å². The summed E-state index contributed by atoms with van der Waals surface area (Å²) >= 11 is 0. The summed E-state index contributed by atoms with van der Waals surface area (Å²) < 4.78 is 0. The maximum absolute atomic E-state index is 12.7. The Bertz CT molecular complexity index is 438. The Morgan fingerprint density at radius 2 is 1.83 bits per heavy atom. The van der Waals surface area contributed by atoms with Gasteiger partial charge in [0.2, 0.25) is 11.8 Å². The van der Waals surface area contributed by atoms with Gasteiger partial charge < -0.3 is 15.5 Å². The van der Waals surface area contributed by atoms with Gasteiger partial charge in [0, 0.05) is 38.1 Å². The van der Waals surface area contributed by atoms with Crippen LogP contribution in [0, 0.1) is 11.8 Å². The highest BCUT2D eigenvalue weighted by Crippen LogP contribution is 2.32. The largest absolute Gasteiger partial charge is 0.341 e. The number of hydrogen-bond acceptors (Lipinski definition) is 3. The molecular formula is C17H30ClN3O2. The monoisotopic (exact) mass is 343 g/mol. The van der Waals surface area contributed by atoms with Crippen LogP contribution in [-0.2, 0) is 9.59 Å². The molecule has 23 heavy (non-hydrogen) atoms. The van der Waals surface area contributed by atoms with Gasteiger partial charge in [-0.2, -0.15) is 0 Å². The number of nitrogens with two attached hydrogens (primary N) is 1. The van der Waals surface area contributed by atoms with Gasteiger partial charge >= 0.3 is 0 Å². The first kappa shape index (κ1) is 18.5. The second-order valence-corrected chi connectivity index (χ2v) is 7.55. The fourth-order valence-corrected chi connectivity index (χ4v) is 4.27. The van der Waals surface area contributed by atoms with Crippen LogP contribution < -0.4 is 5.73 Å². The molecule has 0 aromatic rings. The summed E-state index contributed by atoms with van der Waals surface area (Å²) in [6.45, 7) is 4.37. The van der Waals surface area contributed by atoms with Gasteiger partial charge in [-0.05, 0) is 44.4 Å². The number of hydrogen-bond donors (Lipinski definition) is 1. The van der Waals surface area contributed by atoms with Crippen molar-refractivity contribution in [2.75, 3.05) is 19.6 Å². The van der Waals surface area contributed by atoms with E-state index in [1.165, 1.54) is 12.8 Å². The van der Waals surface area contributed by atoms with Gasteiger partial charge in [-0.15, -0.1) is 12.4 Å². The highest BCUT2D eigenvalue weighted by Gasteiger charge is 2.40. The number of carbonyl (C=O) groups is 2. The lowest BCUT2D eigenvalue weighted by Crippen LogP contribution is -2.48. The van der Waals surface area contributed by atoms with Crippen LogP contribution in [0.25, 0.3) is 0 Å². The van der Waals surface area contributed by atoms with Crippen molar-refractivity contribution in [3.05, 3.63) is 0 Å². The molecule has 2 N–H and O–H groups in total. The van der Waals surface area contributed by atoms with Crippen LogP contribution in [0.15, 0.2) is 0 Å². The average molecular weight is 344 g/mol. The number of likely N-dealkylation sites (tertiary alicyclic amines) is 2. The molecular weight excluding hydrogens is 314 g/mol. The fourth-order valence-electron chi connectivity index (χ4n) is 4.27. The molecule has 2 amide bonds. The number of rotatable bonds is 2. The minimum atomic E-state index is -0.142. The quantitative estimate of drug-likeness (QED) is 0.831. The Kier molecular flexibility index (Phi) is 6.32. The Morgan fingerprint density at radius 3 is 2.48 bits per heavy atom. The normalized spacial score (nSPS) is 35.1. The lowest BCUT2D eigenvalue weighted by atomic mass is 9.86. The Hall–Kier alpha value is -0.810. The van der Waals surface area contributed by atoms with Gasteiger partial charge in [-0.1, -0.05) is 6.92 Å². The van der Waals surface area contributed by atoms with Gasteiger partial charge in [-0.3, -0.25) is 9.59 Å². The van der Waals surface area contributed by atoms with E-state index in [0.29, 0.717) is 25.6 Å². The van der Waals surface area contributed by atoms with E-state index >= 15 is 0 Å². The first-order valence-corrected chi connectivity index (χ1v) is 8.88. The molecule has 0 aromatic heterocycles. The summed E-state index contributed by atoms with van der Waals surface area (Å²) in [6, 6.07) is 0.468. The molecule has 6 heteroatoms. The lowest BCUT2D eigenvalue weighted by molar-refractivity contribution is -0.137. The molecule has 3 fully saturated rings. The van der Waals surface area contributed by atoms with Crippen molar-refractivity contribution in [1.29, 1.82) is 0 Å². The number of carbonyl (C=O) groups excluding carboxylic acids is 2. The summed E-state index contributed by atoms with van der Waals surface area (Å²) in [7, 11) is 0. The van der Waals surface area contributed by atoms with Gasteiger partial charge in [0.1, 0.15) is 0 Å². The van der Waals surface area contributed by atoms with Gasteiger partial charge in [0.05, 0.1) is 5.92 Å². The summed E-state index contributed by atoms with van der Waals surface area (Å²) in [6.07, 6.45) is 6.99. The predicted octanol–water partition coefficient (Wildman–Crippen LogP) is 1.79. The third-order valence-corrected chi connectivity index (χ3v) is 5.70. The zero-order chi connectivity index (χ0) is 15.7. The molecule has 0 bridgehead atoms. The molecule has 0 aromatic carbocycles. The van der Waals surface area contributed by atoms with E-state index in [-0.39, 0.29) is 36.2 Å². The van der Waals surface area contributed by atoms with Crippen LogP contribution in [0.3, 0.4) is 0 Å². The van der Waals surface area contributed by atoms with E-state index < -0.39 is 0 Å². The van der Waals surface area contributed by atoms with Crippen LogP contribution in [-0.4, -0.2) is 53.3 Å². The van der Waals surface area contributed by atoms with Crippen molar-refractivity contribution in [1.82, 2.24) is 9.80 Å². The van der Waals surface area contributed by atoms with Crippen molar-refractivity contribution in [2.24, 2.45) is 17.6 Å². The first-order valence-electron chi connectivity index (χ1n) is 8.88. The van der Waals surface area contributed by atoms with Crippen molar-refractivity contribution in [3.8, 4) is 0 Å². The number of amides is 2. The highest BCUT2D eigenvalue weighted by atomic mass is 35.5. The van der Waals surface area contributed by atoms with Crippen molar-refractivity contribution in [2.45, 2.75) is 64.0 Å². The zero-order valence-corrected chi connectivity index (χ0v) is 14.9. The molecule has 3 aliphatic rings. The molecule has 2 aliphatic heterocycles. The molecule has 2 unspecified atom stereocenters. The second kappa shape index (κ2) is 7.84. The summed E-state index contributed by atoms with van der Waals surface area (Å²) in [5.41, 5.74) is 5.97. The smallest absolute Gasteiger partial charge is 0.228 e. The van der Waals surface area contributed by atoms with Crippen molar-refractivity contribution < 1.29 is 9.59 Å². The first-order chi connectivity index (χ1) is 10.5. The van der Waals surface area contributed by atoms with E-state index in [4.69, 9.17) is 5.73 Å². The van der Waals surface area contributed by atoms with E-state index in [1.807, 2.05) is 9.80 Å². The molecule has 132 valence electrons. The lowest BCUT2D eigenvalue weighted by Gasteiger charge is -2.34. The van der Waals surface area contributed by atoms with E-state index in [0.717, 1.165) is 38.1 Å². The molecule has 5 nitrogen and oxygen atoms in total. The SMILES string of the molecule is CC1CCC(N2CC(C(=O)N3CCCC(N)C3)CC2=O)CC1.Cl. The third kappa shape index (κ3) is 4.18. The minimum Gasteiger partial charge on any atom is -0.341 e. The zero-order valence-electron chi connectivity index (χ0n) is 14.1. The molecule has 2 atom stereocenters. The van der Waals surface area contributed by atoms with Crippen LogP contribution in [0.4, 0.5) is 0 Å². The minimum absolute atomic E-state index is 0. The average Bonchev–Trinajstić information content (AvgIpc) is 2.89. The second-order valence-electron chi connectivity index (χ2n) is 7.55. The van der Waals surface area contributed by atoms with Crippen molar-refractivity contribution >= 4 is 24.2 Å². The van der Waals surface area contributed by atoms with E-state index in [2.05, 4.69) is 6.92 Å². The standard InChI is InChI=1S/C17H29N3O2.ClH/c1-12-4-6-15(7-5-12)20-10-13(9-16(20)21)17(22)19-8-2-3-14(18)11-19;/h12-15H,2-11,18H2,1H3;1H. The Labute approximate surface area is 145 Å². The summed E-state index contributed by atoms with van der Waals surface area (Å²) in [4.78, 5) is 28.9. The topological polar surface area (TPSA) is 66.6 Å². The fraction of sp³-hybridized carbons (Fsp3) is 0.882. The van der Waals surface area contributed by atoms with E-state index in [1.54, 1.807) is 0 Å². The molecule has 0 radical (unpaired) electrons. The maximum Gasteiger partial charge on any atom is 0.228 e. The Balaban J connectivity index is 0.00000192. The molecule has 0 spiro atoms. The van der Waals surface area contributed by atoms with E-state index in [9.17, 15) is 9.59 Å².